The van der Waals surface area contributed by atoms with E-state index < -0.39 is 0 Å². The zero-order chi connectivity index (χ0) is 14.9. The number of benzene rings is 2. The van der Waals surface area contributed by atoms with Crippen LogP contribution < -0.4 is 10.6 Å². The van der Waals surface area contributed by atoms with E-state index in [0.29, 0.717) is 13.0 Å². The molecule has 0 aliphatic heterocycles. The maximum absolute atomic E-state index is 12.0. The summed E-state index contributed by atoms with van der Waals surface area (Å²) < 4.78 is 0. The fourth-order valence-corrected chi connectivity index (χ4v) is 2.12. The van der Waals surface area contributed by atoms with Crippen LogP contribution in [0.3, 0.4) is 0 Å². The number of amides is 2. The number of urea groups is 1. The van der Waals surface area contributed by atoms with Gasteiger partial charge in [-0.05, 0) is 17.5 Å². The van der Waals surface area contributed by atoms with E-state index >= 15 is 0 Å². The fraction of sp³-hybridized carbons (Fsp3) is 0.167. The SMILES string of the molecule is C=CCC(NC(=O)NCc1ccccc1)c1ccccc1. The lowest BCUT2D eigenvalue weighted by Gasteiger charge is -2.18. The summed E-state index contributed by atoms with van der Waals surface area (Å²) >= 11 is 0. The highest BCUT2D eigenvalue weighted by molar-refractivity contribution is 5.74. The fourth-order valence-electron chi connectivity index (χ4n) is 2.12. The summed E-state index contributed by atoms with van der Waals surface area (Å²) in [5.41, 5.74) is 2.15. The minimum absolute atomic E-state index is 0.0560. The van der Waals surface area contributed by atoms with Crippen molar-refractivity contribution in [1.82, 2.24) is 10.6 Å². The Labute approximate surface area is 125 Å². The summed E-state index contributed by atoms with van der Waals surface area (Å²) in [5, 5.41) is 5.86. The Balaban J connectivity index is 1.91. The lowest BCUT2D eigenvalue weighted by atomic mass is 10.0. The van der Waals surface area contributed by atoms with Gasteiger partial charge in [-0.2, -0.15) is 0 Å². The molecule has 0 aliphatic rings. The molecule has 21 heavy (non-hydrogen) atoms. The molecule has 2 aromatic carbocycles. The van der Waals surface area contributed by atoms with Gasteiger partial charge < -0.3 is 10.6 Å². The first-order valence-corrected chi connectivity index (χ1v) is 7.03. The third-order valence-corrected chi connectivity index (χ3v) is 3.21. The Morgan fingerprint density at radius 1 is 1.05 bits per heavy atom. The molecule has 0 aliphatic carbocycles. The molecular formula is C18H20N2O. The van der Waals surface area contributed by atoms with E-state index in [1.165, 1.54) is 0 Å². The highest BCUT2D eigenvalue weighted by Gasteiger charge is 2.12. The van der Waals surface area contributed by atoms with Crippen LogP contribution in [0.15, 0.2) is 73.3 Å². The van der Waals surface area contributed by atoms with Crippen LogP contribution in [0.5, 0.6) is 0 Å². The van der Waals surface area contributed by atoms with Crippen molar-refractivity contribution >= 4 is 6.03 Å². The van der Waals surface area contributed by atoms with Crippen molar-refractivity contribution in [3.8, 4) is 0 Å². The second kappa shape index (κ2) is 7.90. The van der Waals surface area contributed by atoms with Crippen LogP contribution in [0.4, 0.5) is 4.79 Å². The topological polar surface area (TPSA) is 41.1 Å². The van der Waals surface area contributed by atoms with Crippen LogP contribution in [-0.4, -0.2) is 6.03 Å². The minimum atomic E-state index is -0.172. The molecule has 0 fully saturated rings. The lowest BCUT2D eigenvalue weighted by Crippen LogP contribution is -2.37. The number of hydrogen-bond acceptors (Lipinski definition) is 1. The number of rotatable bonds is 6. The number of carbonyl (C=O) groups excluding carboxylic acids is 1. The van der Waals surface area contributed by atoms with E-state index in [1.807, 2.05) is 66.7 Å². The smallest absolute Gasteiger partial charge is 0.315 e. The van der Waals surface area contributed by atoms with Gasteiger partial charge in [0.05, 0.1) is 6.04 Å². The predicted molar refractivity (Wildman–Crippen MR) is 85.8 cm³/mol. The second-order valence-corrected chi connectivity index (χ2v) is 4.80. The number of carbonyl (C=O) groups is 1. The first kappa shape index (κ1) is 14.9. The van der Waals surface area contributed by atoms with Crippen LogP contribution in [0.1, 0.15) is 23.6 Å². The van der Waals surface area contributed by atoms with Gasteiger partial charge in [0.25, 0.3) is 0 Å². The van der Waals surface area contributed by atoms with E-state index in [-0.39, 0.29) is 12.1 Å². The van der Waals surface area contributed by atoms with Crippen molar-refractivity contribution < 1.29 is 4.79 Å². The number of hydrogen-bond donors (Lipinski definition) is 2. The van der Waals surface area contributed by atoms with Gasteiger partial charge in [-0.25, -0.2) is 4.79 Å². The van der Waals surface area contributed by atoms with Crippen molar-refractivity contribution in [1.29, 1.82) is 0 Å². The summed E-state index contributed by atoms with van der Waals surface area (Å²) in [6, 6.07) is 19.5. The van der Waals surface area contributed by atoms with E-state index in [0.717, 1.165) is 11.1 Å². The molecule has 1 unspecified atom stereocenters. The zero-order valence-corrected chi connectivity index (χ0v) is 12.0. The zero-order valence-electron chi connectivity index (χ0n) is 12.0. The molecule has 108 valence electrons. The highest BCUT2D eigenvalue weighted by Crippen LogP contribution is 2.16. The first-order chi connectivity index (χ1) is 10.3. The molecule has 0 spiro atoms. The molecule has 0 aromatic heterocycles. The summed E-state index contributed by atoms with van der Waals surface area (Å²) in [6.07, 6.45) is 2.51. The average Bonchev–Trinajstić information content (AvgIpc) is 2.54. The average molecular weight is 280 g/mol. The summed E-state index contributed by atoms with van der Waals surface area (Å²) in [7, 11) is 0. The molecule has 2 N–H and O–H groups in total. The largest absolute Gasteiger partial charge is 0.334 e. The van der Waals surface area contributed by atoms with Gasteiger partial charge in [-0.15, -0.1) is 6.58 Å². The van der Waals surface area contributed by atoms with Crippen molar-refractivity contribution in [2.75, 3.05) is 0 Å². The van der Waals surface area contributed by atoms with Crippen LogP contribution in [0.25, 0.3) is 0 Å². The van der Waals surface area contributed by atoms with Crippen LogP contribution >= 0.6 is 0 Å². The third kappa shape index (κ3) is 4.80. The maximum Gasteiger partial charge on any atom is 0.315 e. The first-order valence-electron chi connectivity index (χ1n) is 7.03. The maximum atomic E-state index is 12.0. The Bertz CT molecular complexity index is 566. The van der Waals surface area contributed by atoms with Crippen molar-refractivity contribution in [3.05, 3.63) is 84.4 Å². The van der Waals surface area contributed by atoms with Gasteiger partial charge in [0.2, 0.25) is 0 Å². The van der Waals surface area contributed by atoms with Crippen molar-refractivity contribution in [2.24, 2.45) is 0 Å². The molecule has 2 amide bonds. The van der Waals surface area contributed by atoms with Crippen molar-refractivity contribution in [2.45, 2.75) is 19.0 Å². The van der Waals surface area contributed by atoms with E-state index in [2.05, 4.69) is 17.2 Å². The highest BCUT2D eigenvalue weighted by atomic mass is 16.2. The molecule has 3 nitrogen and oxygen atoms in total. The molecule has 3 heteroatoms. The molecule has 0 saturated heterocycles. The molecule has 1 atom stereocenters. The van der Waals surface area contributed by atoms with Gasteiger partial charge >= 0.3 is 6.03 Å². The quantitative estimate of drug-likeness (QED) is 0.776. The van der Waals surface area contributed by atoms with Gasteiger partial charge in [0.1, 0.15) is 0 Å². The van der Waals surface area contributed by atoms with Gasteiger partial charge in [0.15, 0.2) is 0 Å². The Hall–Kier alpha value is -2.55. The Morgan fingerprint density at radius 3 is 2.29 bits per heavy atom. The monoisotopic (exact) mass is 280 g/mol. The van der Waals surface area contributed by atoms with Gasteiger partial charge in [-0.3, -0.25) is 0 Å². The van der Waals surface area contributed by atoms with Gasteiger partial charge in [0, 0.05) is 6.54 Å². The molecule has 0 heterocycles. The molecule has 0 bridgehead atoms. The molecule has 2 aromatic rings. The molecule has 0 radical (unpaired) electrons. The van der Waals surface area contributed by atoms with Crippen LogP contribution in [0.2, 0.25) is 0 Å². The second-order valence-electron chi connectivity index (χ2n) is 4.80. The van der Waals surface area contributed by atoms with Crippen molar-refractivity contribution in [3.63, 3.8) is 0 Å². The van der Waals surface area contributed by atoms with Crippen LogP contribution in [-0.2, 0) is 6.54 Å². The number of nitrogens with one attached hydrogen (secondary N) is 2. The normalized spacial score (nSPS) is 11.4. The summed E-state index contributed by atoms with van der Waals surface area (Å²) in [6.45, 7) is 4.27. The van der Waals surface area contributed by atoms with E-state index in [1.54, 1.807) is 0 Å². The van der Waals surface area contributed by atoms with E-state index in [4.69, 9.17) is 0 Å². The predicted octanol–water partition coefficient (Wildman–Crippen LogP) is 3.80. The molecular weight excluding hydrogens is 260 g/mol. The summed E-state index contributed by atoms with van der Waals surface area (Å²) in [4.78, 5) is 12.0. The Morgan fingerprint density at radius 2 is 1.67 bits per heavy atom. The minimum Gasteiger partial charge on any atom is -0.334 e. The van der Waals surface area contributed by atoms with Gasteiger partial charge in [-0.1, -0.05) is 66.7 Å². The van der Waals surface area contributed by atoms with Crippen LogP contribution in [0, 0.1) is 0 Å². The standard InChI is InChI=1S/C18H20N2O/c1-2-9-17(16-12-7-4-8-13-16)20-18(21)19-14-15-10-5-3-6-11-15/h2-8,10-13,17H,1,9,14H2,(H2,19,20,21). The Kier molecular flexibility index (Phi) is 5.59. The summed E-state index contributed by atoms with van der Waals surface area (Å²) in [5.74, 6) is 0. The third-order valence-electron chi connectivity index (χ3n) is 3.21. The molecule has 2 rings (SSSR count). The lowest BCUT2D eigenvalue weighted by molar-refractivity contribution is 0.236. The molecule has 0 saturated carbocycles. The van der Waals surface area contributed by atoms with E-state index in [9.17, 15) is 4.79 Å².